The van der Waals surface area contributed by atoms with Crippen molar-refractivity contribution in [1.82, 2.24) is 5.32 Å². The van der Waals surface area contributed by atoms with Crippen molar-refractivity contribution in [3.8, 4) is 5.75 Å². The average Bonchev–Trinajstić information content (AvgIpc) is 2.60. The largest absolute Gasteiger partial charge is 0.493 e. The molecule has 5 nitrogen and oxygen atoms in total. The van der Waals surface area contributed by atoms with E-state index < -0.39 is 12.1 Å². The van der Waals surface area contributed by atoms with Crippen LogP contribution < -0.4 is 10.1 Å². The Kier molecular flexibility index (Phi) is 5.35. The van der Waals surface area contributed by atoms with Crippen LogP contribution in [-0.4, -0.2) is 30.1 Å². The third-order valence-corrected chi connectivity index (χ3v) is 6.67. The molecule has 0 aliphatic heterocycles. The van der Waals surface area contributed by atoms with Gasteiger partial charge in [0.2, 0.25) is 0 Å². The maximum absolute atomic E-state index is 12.7. The summed E-state index contributed by atoms with van der Waals surface area (Å²) in [6.45, 7) is 3.89. The maximum atomic E-state index is 12.7. The van der Waals surface area contributed by atoms with Crippen molar-refractivity contribution in [2.45, 2.75) is 70.4 Å². The summed E-state index contributed by atoms with van der Waals surface area (Å²) in [5.41, 5.74) is 1.05. The molecule has 5 rings (SSSR count). The lowest BCUT2D eigenvalue weighted by Crippen LogP contribution is -2.61. The average molecular weight is 386 g/mol. The molecule has 28 heavy (non-hydrogen) atoms. The SMILES string of the molecule is Cc1cccc(OCCC(=O)O[C@H](C)C(=O)NC23CC4CC(CC(C4)C2)C3)c1. The van der Waals surface area contributed by atoms with Crippen LogP contribution in [0.3, 0.4) is 0 Å². The lowest BCUT2D eigenvalue weighted by molar-refractivity contribution is -0.157. The number of hydrogen-bond donors (Lipinski definition) is 1. The van der Waals surface area contributed by atoms with Crippen LogP contribution in [0.2, 0.25) is 0 Å². The second kappa shape index (κ2) is 7.76. The fourth-order valence-electron chi connectivity index (χ4n) is 5.89. The van der Waals surface area contributed by atoms with E-state index in [-0.39, 0.29) is 24.5 Å². The Morgan fingerprint density at radius 2 is 1.79 bits per heavy atom. The summed E-state index contributed by atoms with van der Waals surface area (Å²) >= 11 is 0. The van der Waals surface area contributed by atoms with E-state index in [4.69, 9.17) is 9.47 Å². The zero-order valence-electron chi connectivity index (χ0n) is 16.9. The highest BCUT2D eigenvalue weighted by Gasteiger charge is 2.51. The Morgan fingerprint density at radius 1 is 1.14 bits per heavy atom. The molecule has 1 atom stereocenters. The summed E-state index contributed by atoms with van der Waals surface area (Å²) < 4.78 is 10.9. The first-order valence-electron chi connectivity index (χ1n) is 10.6. The molecule has 1 aromatic rings. The maximum Gasteiger partial charge on any atom is 0.310 e. The highest BCUT2D eigenvalue weighted by atomic mass is 16.5. The molecule has 0 aromatic heterocycles. The Hall–Kier alpha value is -2.04. The third kappa shape index (κ3) is 4.34. The number of benzene rings is 1. The molecule has 0 radical (unpaired) electrons. The van der Waals surface area contributed by atoms with Gasteiger partial charge in [-0.1, -0.05) is 12.1 Å². The van der Waals surface area contributed by atoms with Crippen LogP contribution in [0.5, 0.6) is 5.75 Å². The van der Waals surface area contributed by atoms with Crippen LogP contribution in [-0.2, 0) is 14.3 Å². The van der Waals surface area contributed by atoms with Crippen molar-refractivity contribution in [2.24, 2.45) is 17.8 Å². The van der Waals surface area contributed by atoms with E-state index >= 15 is 0 Å². The second-order valence-corrected chi connectivity index (χ2v) is 9.23. The number of ether oxygens (including phenoxy) is 2. The van der Waals surface area contributed by atoms with E-state index in [9.17, 15) is 9.59 Å². The molecule has 0 saturated heterocycles. The van der Waals surface area contributed by atoms with Gasteiger partial charge in [0.15, 0.2) is 6.10 Å². The molecule has 0 heterocycles. The minimum atomic E-state index is -0.764. The smallest absolute Gasteiger partial charge is 0.310 e. The zero-order valence-corrected chi connectivity index (χ0v) is 16.9. The molecular weight excluding hydrogens is 354 g/mol. The molecule has 1 N–H and O–H groups in total. The summed E-state index contributed by atoms with van der Waals surface area (Å²) in [4.78, 5) is 24.8. The van der Waals surface area contributed by atoms with Crippen molar-refractivity contribution in [3.63, 3.8) is 0 Å². The number of carbonyl (C=O) groups excluding carboxylic acids is 2. The molecule has 1 amide bonds. The number of hydrogen-bond acceptors (Lipinski definition) is 4. The molecule has 4 fully saturated rings. The number of amides is 1. The first-order valence-corrected chi connectivity index (χ1v) is 10.6. The number of nitrogens with one attached hydrogen (secondary N) is 1. The molecular formula is C23H31NO4. The summed E-state index contributed by atoms with van der Waals surface area (Å²) in [6.07, 6.45) is 6.64. The fourth-order valence-corrected chi connectivity index (χ4v) is 5.89. The summed E-state index contributed by atoms with van der Waals surface area (Å²) in [7, 11) is 0. The van der Waals surface area contributed by atoms with E-state index in [1.165, 1.54) is 19.3 Å². The number of aryl methyl sites for hydroxylation is 1. The fraction of sp³-hybridized carbons (Fsp3) is 0.652. The van der Waals surface area contributed by atoms with Gasteiger partial charge in [-0.2, -0.15) is 0 Å². The second-order valence-electron chi connectivity index (χ2n) is 9.23. The molecule has 152 valence electrons. The van der Waals surface area contributed by atoms with Crippen molar-refractivity contribution in [1.29, 1.82) is 0 Å². The molecule has 4 aliphatic carbocycles. The van der Waals surface area contributed by atoms with E-state index in [0.29, 0.717) is 0 Å². The lowest BCUT2D eigenvalue weighted by Gasteiger charge is -2.57. The van der Waals surface area contributed by atoms with Gasteiger partial charge in [-0.05, 0) is 87.8 Å². The summed E-state index contributed by atoms with van der Waals surface area (Å²) in [5, 5.41) is 3.27. The van der Waals surface area contributed by atoms with Crippen molar-refractivity contribution < 1.29 is 19.1 Å². The normalized spacial score (nSPS) is 31.3. The topological polar surface area (TPSA) is 64.6 Å². The lowest BCUT2D eigenvalue weighted by atomic mass is 9.53. The van der Waals surface area contributed by atoms with Gasteiger partial charge < -0.3 is 14.8 Å². The minimum absolute atomic E-state index is 0.0548. The van der Waals surface area contributed by atoms with Crippen LogP contribution in [0.25, 0.3) is 0 Å². The Morgan fingerprint density at radius 3 is 2.39 bits per heavy atom. The van der Waals surface area contributed by atoms with Gasteiger partial charge >= 0.3 is 5.97 Å². The van der Waals surface area contributed by atoms with Gasteiger partial charge in [0.25, 0.3) is 5.91 Å². The van der Waals surface area contributed by atoms with Crippen molar-refractivity contribution in [2.75, 3.05) is 6.61 Å². The highest BCUT2D eigenvalue weighted by Crippen LogP contribution is 2.55. The van der Waals surface area contributed by atoms with Crippen LogP contribution in [0, 0.1) is 24.7 Å². The van der Waals surface area contributed by atoms with Gasteiger partial charge in [0.05, 0.1) is 13.0 Å². The predicted octanol–water partition coefficient (Wildman–Crippen LogP) is 3.78. The minimum Gasteiger partial charge on any atom is -0.493 e. The molecule has 4 aliphatic rings. The van der Waals surface area contributed by atoms with Gasteiger partial charge in [-0.15, -0.1) is 0 Å². The molecule has 0 unspecified atom stereocenters. The first-order chi connectivity index (χ1) is 13.4. The molecule has 0 spiro atoms. The van der Waals surface area contributed by atoms with E-state index in [1.54, 1.807) is 6.92 Å². The van der Waals surface area contributed by atoms with E-state index in [0.717, 1.165) is 48.3 Å². The van der Waals surface area contributed by atoms with Crippen LogP contribution in [0.4, 0.5) is 0 Å². The molecule has 5 heteroatoms. The zero-order chi connectivity index (χ0) is 19.7. The molecule has 1 aromatic carbocycles. The van der Waals surface area contributed by atoms with Gasteiger partial charge in [-0.3, -0.25) is 9.59 Å². The predicted molar refractivity (Wildman–Crippen MR) is 106 cm³/mol. The van der Waals surface area contributed by atoms with Crippen LogP contribution in [0.15, 0.2) is 24.3 Å². The molecule has 4 saturated carbocycles. The van der Waals surface area contributed by atoms with Gasteiger partial charge in [-0.25, -0.2) is 0 Å². The monoisotopic (exact) mass is 385 g/mol. The standard InChI is InChI=1S/C23H31NO4/c1-15-4-3-5-20(8-15)27-7-6-21(25)28-16(2)22(26)24-23-12-17-9-18(13-23)11-19(10-17)14-23/h3-5,8,16-19H,6-7,9-14H2,1-2H3,(H,24,26)/t16-,17?,18?,19?,23?/m1/s1. The summed E-state index contributed by atoms with van der Waals surface area (Å²) in [6, 6.07) is 7.69. The van der Waals surface area contributed by atoms with Crippen molar-refractivity contribution in [3.05, 3.63) is 29.8 Å². The quantitative estimate of drug-likeness (QED) is 0.726. The van der Waals surface area contributed by atoms with Crippen LogP contribution >= 0.6 is 0 Å². The Labute approximate surface area is 167 Å². The third-order valence-electron chi connectivity index (χ3n) is 6.67. The Balaban J connectivity index is 1.22. The van der Waals surface area contributed by atoms with E-state index in [1.807, 2.05) is 31.2 Å². The molecule has 4 bridgehead atoms. The Bertz CT molecular complexity index is 709. The summed E-state index contributed by atoms with van der Waals surface area (Å²) in [5.74, 6) is 2.48. The van der Waals surface area contributed by atoms with Gasteiger partial charge in [0.1, 0.15) is 5.75 Å². The number of rotatable bonds is 7. The first kappa shape index (κ1) is 19.3. The number of esters is 1. The van der Waals surface area contributed by atoms with Crippen LogP contribution in [0.1, 0.15) is 57.4 Å². The number of carbonyl (C=O) groups is 2. The highest BCUT2D eigenvalue weighted by molar-refractivity contribution is 5.84. The van der Waals surface area contributed by atoms with Gasteiger partial charge in [0, 0.05) is 5.54 Å². The van der Waals surface area contributed by atoms with Crippen molar-refractivity contribution >= 4 is 11.9 Å². The van der Waals surface area contributed by atoms with E-state index in [2.05, 4.69) is 5.32 Å².